The zero-order valence-corrected chi connectivity index (χ0v) is 11.3. The van der Waals surface area contributed by atoms with Gasteiger partial charge in [0.1, 0.15) is 0 Å². The summed E-state index contributed by atoms with van der Waals surface area (Å²) in [6.45, 7) is 2.63. The van der Waals surface area contributed by atoms with Crippen LogP contribution >= 0.6 is 0 Å². The summed E-state index contributed by atoms with van der Waals surface area (Å²) in [7, 11) is 0. The molecule has 0 spiro atoms. The Morgan fingerprint density at radius 1 is 1.05 bits per heavy atom. The second-order valence-corrected chi connectivity index (χ2v) is 4.79. The molecule has 1 heterocycles. The first-order valence-corrected chi connectivity index (χ1v) is 6.69. The average molecular weight is 264 g/mol. The molecule has 0 saturated heterocycles. The first-order valence-electron chi connectivity index (χ1n) is 6.69. The summed E-state index contributed by atoms with van der Waals surface area (Å²) >= 11 is 0. The lowest BCUT2D eigenvalue weighted by molar-refractivity contribution is 0.761. The van der Waals surface area contributed by atoms with Crippen LogP contribution in [0.5, 0.6) is 0 Å². The zero-order valence-electron chi connectivity index (χ0n) is 11.3. The monoisotopic (exact) mass is 264 g/mol. The fourth-order valence-electron chi connectivity index (χ4n) is 2.55. The van der Waals surface area contributed by atoms with Crippen molar-refractivity contribution in [2.45, 2.75) is 13.5 Å². The van der Waals surface area contributed by atoms with E-state index in [-0.39, 0.29) is 5.56 Å². The number of hydrogen-bond donors (Lipinski definition) is 1. The number of fused-ring (bicyclic) bond motifs is 1. The standard InChI is InChI=1S/C17H16N2O/c1-2-19-16-9-4-3-6-13(16)11-15(17(19)20)12-7-5-8-14(18)10-12/h3-11H,2,18H2,1H3. The summed E-state index contributed by atoms with van der Waals surface area (Å²) in [4.78, 5) is 12.6. The number of aryl methyl sites for hydroxylation is 1. The highest BCUT2D eigenvalue weighted by Gasteiger charge is 2.09. The first-order chi connectivity index (χ1) is 9.70. The average Bonchev–Trinajstić information content (AvgIpc) is 2.46. The summed E-state index contributed by atoms with van der Waals surface area (Å²) in [5.41, 5.74) is 9.03. The van der Waals surface area contributed by atoms with Gasteiger partial charge in [0.2, 0.25) is 0 Å². The van der Waals surface area contributed by atoms with Crippen molar-refractivity contribution in [2.75, 3.05) is 5.73 Å². The Morgan fingerprint density at radius 3 is 2.60 bits per heavy atom. The van der Waals surface area contributed by atoms with Crippen molar-refractivity contribution in [3.63, 3.8) is 0 Å². The lowest BCUT2D eigenvalue weighted by Crippen LogP contribution is -2.21. The summed E-state index contributed by atoms with van der Waals surface area (Å²) in [6.07, 6.45) is 0. The van der Waals surface area contributed by atoms with Crippen molar-refractivity contribution in [1.29, 1.82) is 0 Å². The summed E-state index contributed by atoms with van der Waals surface area (Å²) in [6, 6.07) is 17.3. The van der Waals surface area contributed by atoms with Crippen LogP contribution in [0.3, 0.4) is 0 Å². The number of pyridine rings is 1. The van der Waals surface area contributed by atoms with Crippen molar-refractivity contribution < 1.29 is 0 Å². The summed E-state index contributed by atoms with van der Waals surface area (Å²) in [5, 5.41) is 1.06. The molecule has 3 aromatic rings. The molecule has 1 aromatic heterocycles. The van der Waals surface area contributed by atoms with Crippen LogP contribution in [0.25, 0.3) is 22.0 Å². The molecule has 0 fully saturated rings. The largest absolute Gasteiger partial charge is 0.399 e. The summed E-state index contributed by atoms with van der Waals surface area (Å²) < 4.78 is 1.80. The molecule has 100 valence electrons. The van der Waals surface area contributed by atoms with Gasteiger partial charge in [-0.15, -0.1) is 0 Å². The third-order valence-electron chi connectivity index (χ3n) is 3.52. The SMILES string of the molecule is CCn1c(=O)c(-c2cccc(N)c2)cc2ccccc21. The number of aromatic nitrogens is 1. The number of nitrogens with two attached hydrogens (primary N) is 1. The molecule has 2 N–H and O–H groups in total. The molecule has 0 aliphatic carbocycles. The maximum atomic E-state index is 12.6. The lowest BCUT2D eigenvalue weighted by atomic mass is 10.0. The maximum Gasteiger partial charge on any atom is 0.258 e. The van der Waals surface area contributed by atoms with Gasteiger partial charge in [-0.1, -0.05) is 30.3 Å². The molecule has 0 unspecified atom stereocenters. The normalized spacial score (nSPS) is 10.8. The van der Waals surface area contributed by atoms with Crippen molar-refractivity contribution in [2.24, 2.45) is 0 Å². The Labute approximate surface area is 117 Å². The van der Waals surface area contributed by atoms with Crippen LogP contribution in [0.1, 0.15) is 6.92 Å². The number of nitrogens with zero attached hydrogens (tertiary/aromatic N) is 1. The van der Waals surface area contributed by atoms with E-state index >= 15 is 0 Å². The van der Waals surface area contributed by atoms with Gasteiger partial charge in [0, 0.05) is 17.8 Å². The molecule has 0 atom stereocenters. The maximum absolute atomic E-state index is 12.6. The molecule has 0 radical (unpaired) electrons. The van der Waals surface area contributed by atoms with Gasteiger partial charge in [0.15, 0.2) is 0 Å². The number of benzene rings is 2. The van der Waals surface area contributed by atoms with Gasteiger partial charge in [0.25, 0.3) is 5.56 Å². The number of rotatable bonds is 2. The highest BCUT2D eigenvalue weighted by molar-refractivity contribution is 5.84. The smallest absolute Gasteiger partial charge is 0.258 e. The minimum absolute atomic E-state index is 0.0248. The minimum Gasteiger partial charge on any atom is -0.399 e. The predicted molar refractivity (Wildman–Crippen MR) is 83.7 cm³/mol. The van der Waals surface area contributed by atoms with Crippen LogP contribution in [0.2, 0.25) is 0 Å². The second kappa shape index (κ2) is 4.85. The third-order valence-corrected chi connectivity index (χ3v) is 3.52. The van der Waals surface area contributed by atoms with Crippen molar-refractivity contribution >= 4 is 16.6 Å². The van der Waals surface area contributed by atoms with E-state index < -0.39 is 0 Å². The van der Waals surface area contributed by atoms with E-state index in [2.05, 4.69) is 0 Å². The number of anilines is 1. The first kappa shape index (κ1) is 12.5. The predicted octanol–water partition coefficient (Wildman–Crippen LogP) is 3.27. The molecule has 3 rings (SSSR count). The van der Waals surface area contributed by atoms with Gasteiger partial charge < -0.3 is 10.3 Å². The van der Waals surface area contributed by atoms with E-state index in [0.717, 1.165) is 16.5 Å². The van der Waals surface area contributed by atoms with Gasteiger partial charge >= 0.3 is 0 Å². The lowest BCUT2D eigenvalue weighted by Gasteiger charge is -2.11. The third kappa shape index (κ3) is 1.97. The Balaban J connectivity index is 2.37. The Morgan fingerprint density at radius 2 is 1.85 bits per heavy atom. The van der Waals surface area contributed by atoms with Gasteiger partial charge in [-0.05, 0) is 42.1 Å². The van der Waals surface area contributed by atoms with E-state index in [1.165, 1.54) is 0 Å². The minimum atomic E-state index is 0.0248. The molecule has 0 amide bonds. The second-order valence-electron chi connectivity index (χ2n) is 4.79. The van der Waals surface area contributed by atoms with Crippen LogP contribution in [0, 0.1) is 0 Å². The number of hydrogen-bond acceptors (Lipinski definition) is 2. The topological polar surface area (TPSA) is 48.0 Å². The van der Waals surface area contributed by atoms with E-state index in [0.29, 0.717) is 17.8 Å². The number of nitrogen functional groups attached to an aromatic ring is 1. The van der Waals surface area contributed by atoms with Crippen molar-refractivity contribution in [1.82, 2.24) is 4.57 Å². The zero-order chi connectivity index (χ0) is 14.1. The molecular formula is C17H16N2O. The van der Waals surface area contributed by atoms with Gasteiger partial charge in [-0.25, -0.2) is 0 Å². The van der Waals surface area contributed by atoms with E-state index in [9.17, 15) is 4.79 Å². The van der Waals surface area contributed by atoms with E-state index in [1.54, 1.807) is 4.57 Å². The molecule has 0 aliphatic heterocycles. The van der Waals surface area contributed by atoms with Gasteiger partial charge in [0.05, 0.1) is 5.52 Å². The number of para-hydroxylation sites is 1. The van der Waals surface area contributed by atoms with Crippen molar-refractivity contribution in [3.05, 3.63) is 65.0 Å². The Bertz CT molecular complexity index is 834. The van der Waals surface area contributed by atoms with E-state index in [1.807, 2.05) is 61.5 Å². The molecule has 20 heavy (non-hydrogen) atoms. The van der Waals surface area contributed by atoms with Gasteiger partial charge in [-0.3, -0.25) is 4.79 Å². The molecular weight excluding hydrogens is 248 g/mol. The molecule has 0 aliphatic rings. The van der Waals surface area contributed by atoms with E-state index in [4.69, 9.17) is 5.73 Å². The Kier molecular flexibility index (Phi) is 3.03. The quantitative estimate of drug-likeness (QED) is 0.722. The van der Waals surface area contributed by atoms with Crippen LogP contribution in [-0.4, -0.2) is 4.57 Å². The molecule has 0 saturated carbocycles. The van der Waals surface area contributed by atoms with Crippen LogP contribution in [0.15, 0.2) is 59.4 Å². The molecule has 2 aromatic carbocycles. The highest BCUT2D eigenvalue weighted by atomic mass is 16.1. The Hall–Kier alpha value is -2.55. The molecule has 3 nitrogen and oxygen atoms in total. The van der Waals surface area contributed by atoms with Crippen LogP contribution < -0.4 is 11.3 Å². The highest BCUT2D eigenvalue weighted by Crippen LogP contribution is 2.22. The fourth-order valence-corrected chi connectivity index (χ4v) is 2.55. The summed E-state index contributed by atoms with van der Waals surface area (Å²) in [5.74, 6) is 0. The fraction of sp³-hybridized carbons (Fsp3) is 0.118. The van der Waals surface area contributed by atoms with Crippen LogP contribution in [0.4, 0.5) is 5.69 Å². The van der Waals surface area contributed by atoms with Gasteiger partial charge in [-0.2, -0.15) is 0 Å². The van der Waals surface area contributed by atoms with Crippen LogP contribution in [-0.2, 0) is 6.54 Å². The molecule has 0 bridgehead atoms. The molecule has 3 heteroatoms. The van der Waals surface area contributed by atoms with Crippen molar-refractivity contribution in [3.8, 4) is 11.1 Å².